The van der Waals surface area contributed by atoms with Gasteiger partial charge in [0, 0.05) is 0 Å². The Morgan fingerprint density at radius 2 is 2.18 bits per heavy atom. The van der Waals surface area contributed by atoms with Crippen LogP contribution in [0.5, 0.6) is 0 Å². The average molecular weight is 228 g/mol. The molecule has 3 heteroatoms. The summed E-state index contributed by atoms with van der Waals surface area (Å²) >= 11 is 0. The molecule has 0 aliphatic rings. The smallest absolute Gasteiger partial charge is 0.208 e. The quantitative estimate of drug-likeness (QED) is 0.700. The van der Waals surface area contributed by atoms with Gasteiger partial charge in [0.1, 0.15) is 23.5 Å². The highest BCUT2D eigenvalue weighted by atomic mass is 16.3. The van der Waals surface area contributed by atoms with E-state index in [1.165, 1.54) is 6.26 Å². The van der Waals surface area contributed by atoms with Crippen LogP contribution in [0.15, 0.2) is 33.7 Å². The average Bonchev–Trinajstić information content (AvgIpc) is 2.27. The van der Waals surface area contributed by atoms with Crippen molar-refractivity contribution < 1.29 is 9.52 Å². The highest BCUT2D eigenvalue weighted by molar-refractivity contribution is 5.78. The molecule has 1 unspecified atom stereocenters. The summed E-state index contributed by atoms with van der Waals surface area (Å²) in [6.07, 6.45) is 0.572. The van der Waals surface area contributed by atoms with Crippen LogP contribution >= 0.6 is 0 Å². The van der Waals surface area contributed by atoms with E-state index < -0.39 is 6.10 Å². The number of hydrogen-bond acceptors (Lipinski definition) is 3. The maximum atomic E-state index is 12.0. The van der Waals surface area contributed by atoms with E-state index in [4.69, 9.17) is 9.52 Å². The van der Waals surface area contributed by atoms with Crippen LogP contribution in [0.2, 0.25) is 0 Å². The first-order valence-corrected chi connectivity index (χ1v) is 5.29. The van der Waals surface area contributed by atoms with Crippen molar-refractivity contribution in [2.45, 2.75) is 20.0 Å². The first-order chi connectivity index (χ1) is 8.08. The molecule has 2 rings (SSSR count). The van der Waals surface area contributed by atoms with Crippen molar-refractivity contribution >= 4 is 11.0 Å². The number of rotatable bonds is 0. The Balaban J connectivity index is 2.64. The Hall–Kier alpha value is -2.05. The molecule has 17 heavy (non-hydrogen) atoms. The Bertz CT molecular complexity index is 669. The van der Waals surface area contributed by atoms with Crippen LogP contribution in [0, 0.1) is 18.8 Å². The molecule has 1 aromatic heterocycles. The van der Waals surface area contributed by atoms with E-state index in [1.54, 1.807) is 13.0 Å². The second kappa shape index (κ2) is 4.44. The minimum absolute atomic E-state index is 0.167. The SMILES string of the molecule is Cc1ccc2c(=O)c(C#CC(C)O)coc2c1. The number of aliphatic hydroxyl groups excluding tert-OH is 1. The molecule has 0 amide bonds. The predicted octanol–water partition coefficient (Wildman–Crippen LogP) is 1.83. The lowest BCUT2D eigenvalue weighted by molar-refractivity contribution is 0.253. The minimum atomic E-state index is -0.761. The molecule has 1 heterocycles. The van der Waals surface area contributed by atoms with Gasteiger partial charge in [0.2, 0.25) is 5.43 Å². The summed E-state index contributed by atoms with van der Waals surface area (Å²) in [7, 11) is 0. The molecule has 0 spiro atoms. The molecule has 1 N–H and O–H groups in total. The molecule has 0 aliphatic carbocycles. The van der Waals surface area contributed by atoms with Gasteiger partial charge in [-0.1, -0.05) is 17.9 Å². The number of benzene rings is 1. The molecule has 1 aromatic carbocycles. The summed E-state index contributed by atoms with van der Waals surface area (Å²) in [6.45, 7) is 3.47. The van der Waals surface area contributed by atoms with Crippen molar-refractivity contribution in [1.82, 2.24) is 0 Å². The summed E-state index contributed by atoms with van der Waals surface area (Å²) in [5.41, 5.74) is 1.68. The molecular weight excluding hydrogens is 216 g/mol. The fraction of sp³-hybridized carbons (Fsp3) is 0.214. The molecule has 0 saturated heterocycles. The van der Waals surface area contributed by atoms with Gasteiger partial charge in [-0.25, -0.2) is 0 Å². The number of aliphatic hydroxyl groups is 1. The van der Waals surface area contributed by atoms with Crippen molar-refractivity contribution in [3.05, 3.63) is 45.8 Å². The summed E-state index contributed by atoms with van der Waals surface area (Å²) < 4.78 is 5.35. The predicted molar refractivity (Wildman–Crippen MR) is 65.8 cm³/mol. The summed E-state index contributed by atoms with van der Waals surface area (Å²) in [5, 5.41) is 9.56. The van der Waals surface area contributed by atoms with Crippen LogP contribution < -0.4 is 5.43 Å². The van der Waals surface area contributed by atoms with Crippen LogP contribution in [-0.2, 0) is 0 Å². The van der Waals surface area contributed by atoms with Crippen LogP contribution in [0.25, 0.3) is 11.0 Å². The van der Waals surface area contributed by atoms with E-state index in [0.717, 1.165) is 5.56 Å². The minimum Gasteiger partial charge on any atom is -0.463 e. The van der Waals surface area contributed by atoms with Crippen molar-refractivity contribution in [2.75, 3.05) is 0 Å². The topological polar surface area (TPSA) is 50.4 Å². The molecule has 0 radical (unpaired) electrons. The maximum absolute atomic E-state index is 12.0. The van der Waals surface area contributed by atoms with Gasteiger partial charge in [-0.2, -0.15) is 0 Å². The van der Waals surface area contributed by atoms with Crippen molar-refractivity contribution in [3.8, 4) is 11.8 Å². The fourth-order valence-electron chi connectivity index (χ4n) is 1.50. The number of hydrogen-bond donors (Lipinski definition) is 1. The Morgan fingerprint density at radius 1 is 1.41 bits per heavy atom. The second-order valence-electron chi connectivity index (χ2n) is 3.92. The molecule has 2 aromatic rings. The maximum Gasteiger partial charge on any atom is 0.208 e. The Morgan fingerprint density at radius 3 is 2.88 bits per heavy atom. The zero-order chi connectivity index (χ0) is 12.4. The molecule has 0 saturated carbocycles. The van der Waals surface area contributed by atoms with Crippen LogP contribution in [-0.4, -0.2) is 11.2 Å². The highest BCUT2D eigenvalue weighted by Crippen LogP contribution is 2.12. The zero-order valence-electron chi connectivity index (χ0n) is 9.65. The van der Waals surface area contributed by atoms with Crippen molar-refractivity contribution in [3.63, 3.8) is 0 Å². The third-order valence-corrected chi connectivity index (χ3v) is 2.35. The standard InChI is InChI=1S/C14H12O3/c1-9-3-6-12-13(7-9)17-8-11(14(12)16)5-4-10(2)15/h3,6-8,10,15H,1-2H3. The molecule has 0 fully saturated rings. The van der Waals surface area contributed by atoms with E-state index >= 15 is 0 Å². The van der Waals surface area contributed by atoms with E-state index in [2.05, 4.69) is 11.8 Å². The van der Waals surface area contributed by atoms with Gasteiger partial charge in [-0.3, -0.25) is 4.79 Å². The number of aryl methyl sites for hydroxylation is 1. The molecule has 1 atom stereocenters. The third-order valence-electron chi connectivity index (χ3n) is 2.35. The number of fused-ring (bicyclic) bond motifs is 1. The van der Waals surface area contributed by atoms with Crippen molar-refractivity contribution in [1.29, 1.82) is 0 Å². The van der Waals surface area contributed by atoms with Gasteiger partial charge in [0.05, 0.1) is 5.39 Å². The lowest BCUT2D eigenvalue weighted by Crippen LogP contribution is -2.06. The third kappa shape index (κ3) is 2.38. The van der Waals surface area contributed by atoms with E-state index in [0.29, 0.717) is 11.0 Å². The molecule has 0 bridgehead atoms. The van der Waals surface area contributed by atoms with E-state index in [-0.39, 0.29) is 11.0 Å². The summed E-state index contributed by atoms with van der Waals surface area (Å²) in [5.74, 6) is 5.14. The van der Waals surface area contributed by atoms with Crippen LogP contribution in [0.3, 0.4) is 0 Å². The molecule has 3 nitrogen and oxygen atoms in total. The fourth-order valence-corrected chi connectivity index (χ4v) is 1.50. The first kappa shape index (κ1) is 11.4. The summed E-state index contributed by atoms with van der Waals surface area (Å²) in [6, 6.07) is 5.39. The second-order valence-corrected chi connectivity index (χ2v) is 3.92. The highest BCUT2D eigenvalue weighted by Gasteiger charge is 2.04. The van der Waals surface area contributed by atoms with Gasteiger partial charge in [0.25, 0.3) is 0 Å². The molecular formula is C14H12O3. The normalized spacial score (nSPS) is 11.9. The van der Waals surface area contributed by atoms with Crippen molar-refractivity contribution in [2.24, 2.45) is 0 Å². The van der Waals surface area contributed by atoms with Gasteiger partial charge in [-0.05, 0) is 31.5 Å². The first-order valence-electron chi connectivity index (χ1n) is 5.29. The van der Waals surface area contributed by atoms with E-state index in [9.17, 15) is 4.79 Å². The Kier molecular flexibility index (Phi) is 2.99. The molecule has 0 aliphatic heterocycles. The lowest BCUT2D eigenvalue weighted by atomic mass is 10.1. The van der Waals surface area contributed by atoms with Gasteiger partial charge in [-0.15, -0.1) is 0 Å². The van der Waals surface area contributed by atoms with E-state index in [1.807, 2.05) is 19.1 Å². The van der Waals surface area contributed by atoms with Crippen LogP contribution in [0.4, 0.5) is 0 Å². The lowest BCUT2D eigenvalue weighted by Gasteiger charge is -1.98. The van der Waals surface area contributed by atoms with Crippen LogP contribution in [0.1, 0.15) is 18.1 Å². The largest absolute Gasteiger partial charge is 0.463 e. The zero-order valence-corrected chi connectivity index (χ0v) is 9.65. The van der Waals surface area contributed by atoms with Gasteiger partial charge >= 0.3 is 0 Å². The molecule has 86 valence electrons. The monoisotopic (exact) mass is 228 g/mol. The Labute approximate surface area is 98.7 Å². The van der Waals surface area contributed by atoms with Gasteiger partial charge < -0.3 is 9.52 Å². The summed E-state index contributed by atoms with van der Waals surface area (Å²) in [4.78, 5) is 12.0. The van der Waals surface area contributed by atoms with Gasteiger partial charge in [0.15, 0.2) is 0 Å².